The molecule has 2 heteroatoms. The molecule has 0 radical (unpaired) electrons. The van der Waals surface area contributed by atoms with Crippen molar-refractivity contribution in [2.75, 3.05) is 6.54 Å². The van der Waals surface area contributed by atoms with Crippen LogP contribution >= 0.6 is 0 Å². The van der Waals surface area contributed by atoms with E-state index in [9.17, 15) is 0 Å². The van der Waals surface area contributed by atoms with Crippen molar-refractivity contribution in [2.45, 2.75) is 26.2 Å². The molecule has 2 nitrogen and oxygen atoms in total. The van der Waals surface area contributed by atoms with Gasteiger partial charge in [-0.05, 0) is 23.4 Å². The molecular weight excluding hydrogens is 184 g/mol. The number of benzene rings is 1. The number of rotatable bonds is 3. The molecule has 0 amide bonds. The highest BCUT2D eigenvalue weighted by molar-refractivity contribution is 5.83. The van der Waals surface area contributed by atoms with Gasteiger partial charge in [0.25, 0.3) is 0 Å². The van der Waals surface area contributed by atoms with E-state index in [4.69, 9.17) is 5.73 Å². The number of hydrogen-bond donors (Lipinski definition) is 2. The number of H-pyrrole nitrogens is 1. The number of fused-ring (bicyclic) bond motifs is 1. The molecule has 1 aromatic heterocycles. The maximum absolute atomic E-state index is 5.68. The Bertz CT molecular complexity index is 457. The third kappa shape index (κ3) is 1.77. The second-order valence-corrected chi connectivity index (χ2v) is 4.10. The minimum absolute atomic E-state index is 0.405. The Hall–Kier alpha value is -1.28. The van der Waals surface area contributed by atoms with E-state index in [2.05, 4.69) is 43.1 Å². The zero-order valence-corrected chi connectivity index (χ0v) is 9.38. The molecule has 1 unspecified atom stereocenters. The smallest absolute Gasteiger partial charge is 0.0488 e. The minimum atomic E-state index is 0.405. The molecule has 2 rings (SSSR count). The number of aromatic amines is 1. The Morgan fingerprint density at radius 2 is 2.20 bits per heavy atom. The van der Waals surface area contributed by atoms with Crippen LogP contribution in [0.4, 0.5) is 0 Å². The average molecular weight is 202 g/mol. The lowest BCUT2D eigenvalue weighted by Gasteiger charge is -2.04. The fourth-order valence-electron chi connectivity index (χ4n) is 1.93. The highest BCUT2D eigenvalue weighted by atomic mass is 14.7. The van der Waals surface area contributed by atoms with Crippen LogP contribution in [0.1, 0.15) is 31.0 Å². The SMILES string of the molecule is CCc1cccc2cc(C(C)CN)[nH]c12. The van der Waals surface area contributed by atoms with Crippen LogP contribution < -0.4 is 5.73 Å². The van der Waals surface area contributed by atoms with E-state index in [1.165, 1.54) is 22.2 Å². The van der Waals surface area contributed by atoms with E-state index in [-0.39, 0.29) is 0 Å². The molecule has 0 aliphatic rings. The predicted octanol–water partition coefficient (Wildman–Crippen LogP) is 2.79. The summed E-state index contributed by atoms with van der Waals surface area (Å²) in [5.74, 6) is 0.405. The van der Waals surface area contributed by atoms with E-state index in [0.717, 1.165) is 6.42 Å². The number of aryl methyl sites for hydroxylation is 1. The molecule has 0 aliphatic heterocycles. The van der Waals surface area contributed by atoms with Gasteiger partial charge in [0.1, 0.15) is 0 Å². The number of aromatic nitrogens is 1. The van der Waals surface area contributed by atoms with Gasteiger partial charge in [0, 0.05) is 23.7 Å². The summed E-state index contributed by atoms with van der Waals surface area (Å²) in [6.45, 7) is 5.02. The second-order valence-electron chi connectivity index (χ2n) is 4.10. The Morgan fingerprint density at radius 3 is 2.87 bits per heavy atom. The van der Waals surface area contributed by atoms with Crippen molar-refractivity contribution in [1.29, 1.82) is 0 Å². The molecule has 0 saturated heterocycles. The van der Waals surface area contributed by atoms with Crippen molar-refractivity contribution in [1.82, 2.24) is 4.98 Å². The van der Waals surface area contributed by atoms with Gasteiger partial charge >= 0.3 is 0 Å². The van der Waals surface area contributed by atoms with Crippen LogP contribution in [0.15, 0.2) is 24.3 Å². The number of hydrogen-bond acceptors (Lipinski definition) is 1. The summed E-state index contributed by atoms with van der Waals surface area (Å²) in [5, 5.41) is 1.30. The summed E-state index contributed by atoms with van der Waals surface area (Å²) in [6.07, 6.45) is 1.06. The van der Waals surface area contributed by atoms with Gasteiger partial charge in [0.2, 0.25) is 0 Å². The van der Waals surface area contributed by atoms with Crippen molar-refractivity contribution >= 4 is 10.9 Å². The number of nitrogens with one attached hydrogen (secondary N) is 1. The van der Waals surface area contributed by atoms with Crippen LogP contribution in [0.2, 0.25) is 0 Å². The summed E-state index contributed by atoms with van der Waals surface area (Å²) in [4.78, 5) is 3.49. The summed E-state index contributed by atoms with van der Waals surface area (Å²) in [7, 11) is 0. The van der Waals surface area contributed by atoms with Gasteiger partial charge in [0.05, 0.1) is 0 Å². The maximum atomic E-state index is 5.68. The molecule has 80 valence electrons. The minimum Gasteiger partial charge on any atom is -0.358 e. The normalized spacial score (nSPS) is 13.3. The van der Waals surface area contributed by atoms with Crippen LogP contribution in [0.25, 0.3) is 10.9 Å². The standard InChI is InChI=1S/C13H18N2/c1-3-10-5-4-6-11-7-12(9(2)8-14)15-13(10)11/h4-7,9,15H,3,8,14H2,1-2H3. The zero-order chi connectivity index (χ0) is 10.8. The topological polar surface area (TPSA) is 41.8 Å². The van der Waals surface area contributed by atoms with E-state index < -0.39 is 0 Å². The van der Waals surface area contributed by atoms with Crippen LogP contribution in [0, 0.1) is 0 Å². The Morgan fingerprint density at radius 1 is 1.40 bits per heavy atom. The lowest BCUT2D eigenvalue weighted by atomic mass is 10.1. The lowest BCUT2D eigenvalue weighted by molar-refractivity contribution is 0.753. The van der Waals surface area contributed by atoms with Gasteiger partial charge in [-0.15, -0.1) is 0 Å². The molecular formula is C13H18N2. The molecule has 0 fully saturated rings. The second kappa shape index (κ2) is 4.07. The molecule has 15 heavy (non-hydrogen) atoms. The zero-order valence-electron chi connectivity index (χ0n) is 9.38. The molecule has 1 atom stereocenters. The average Bonchev–Trinajstić information content (AvgIpc) is 2.71. The van der Waals surface area contributed by atoms with Crippen LogP contribution in [-0.4, -0.2) is 11.5 Å². The Kier molecular flexibility index (Phi) is 2.78. The molecule has 0 aliphatic carbocycles. The van der Waals surface area contributed by atoms with Crippen molar-refractivity contribution in [3.8, 4) is 0 Å². The summed E-state index contributed by atoms with van der Waals surface area (Å²) >= 11 is 0. The number of nitrogens with two attached hydrogens (primary N) is 1. The first-order valence-corrected chi connectivity index (χ1v) is 5.56. The summed E-state index contributed by atoms with van der Waals surface area (Å²) in [6, 6.07) is 8.66. The van der Waals surface area contributed by atoms with Gasteiger partial charge in [-0.1, -0.05) is 32.0 Å². The van der Waals surface area contributed by atoms with E-state index >= 15 is 0 Å². The third-order valence-electron chi connectivity index (χ3n) is 3.03. The quantitative estimate of drug-likeness (QED) is 0.789. The number of para-hydroxylation sites is 1. The molecule has 0 spiro atoms. The van der Waals surface area contributed by atoms with Gasteiger partial charge in [-0.25, -0.2) is 0 Å². The van der Waals surface area contributed by atoms with E-state index in [0.29, 0.717) is 12.5 Å². The van der Waals surface area contributed by atoms with Crippen LogP contribution in [0.3, 0.4) is 0 Å². The van der Waals surface area contributed by atoms with Crippen LogP contribution in [0.5, 0.6) is 0 Å². The van der Waals surface area contributed by atoms with Crippen molar-refractivity contribution < 1.29 is 0 Å². The van der Waals surface area contributed by atoms with Gasteiger partial charge in [-0.3, -0.25) is 0 Å². The molecule has 0 bridgehead atoms. The van der Waals surface area contributed by atoms with Crippen molar-refractivity contribution in [3.63, 3.8) is 0 Å². The summed E-state index contributed by atoms with van der Waals surface area (Å²) in [5.41, 5.74) is 9.57. The van der Waals surface area contributed by atoms with Crippen molar-refractivity contribution in [3.05, 3.63) is 35.5 Å². The fourth-order valence-corrected chi connectivity index (χ4v) is 1.93. The largest absolute Gasteiger partial charge is 0.358 e. The monoisotopic (exact) mass is 202 g/mol. The van der Waals surface area contributed by atoms with Gasteiger partial charge in [-0.2, -0.15) is 0 Å². The molecule has 3 N–H and O–H groups in total. The Labute approximate surface area is 90.5 Å². The Balaban J connectivity index is 2.55. The van der Waals surface area contributed by atoms with Gasteiger partial charge < -0.3 is 10.7 Å². The fraction of sp³-hybridized carbons (Fsp3) is 0.385. The first-order valence-electron chi connectivity index (χ1n) is 5.56. The first kappa shape index (κ1) is 10.2. The lowest BCUT2D eigenvalue weighted by Crippen LogP contribution is -2.08. The van der Waals surface area contributed by atoms with Gasteiger partial charge in [0.15, 0.2) is 0 Å². The molecule has 2 aromatic rings. The van der Waals surface area contributed by atoms with Crippen molar-refractivity contribution in [2.24, 2.45) is 5.73 Å². The van der Waals surface area contributed by atoms with E-state index in [1.807, 2.05) is 0 Å². The molecule has 1 heterocycles. The summed E-state index contributed by atoms with van der Waals surface area (Å²) < 4.78 is 0. The highest BCUT2D eigenvalue weighted by Crippen LogP contribution is 2.23. The predicted molar refractivity (Wildman–Crippen MR) is 65.1 cm³/mol. The highest BCUT2D eigenvalue weighted by Gasteiger charge is 2.08. The molecule has 0 saturated carbocycles. The van der Waals surface area contributed by atoms with Crippen LogP contribution in [-0.2, 0) is 6.42 Å². The van der Waals surface area contributed by atoms with E-state index in [1.54, 1.807) is 0 Å². The maximum Gasteiger partial charge on any atom is 0.0488 e. The first-order chi connectivity index (χ1) is 7.26. The third-order valence-corrected chi connectivity index (χ3v) is 3.03. The molecule has 1 aromatic carbocycles.